The second kappa shape index (κ2) is 43.8. The van der Waals surface area contributed by atoms with Crippen molar-refractivity contribution >= 4 is 71.6 Å². The minimum atomic E-state index is -0.857. The summed E-state index contributed by atoms with van der Waals surface area (Å²) in [7, 11) is 13.4. The lowest BCUT2D eigenvalue weighted by Gasteiger charge is -2.23. The van der Waals surface area contributed by atoms with Crippen LogP contribution in [0.25, 0.3) is 0 Å². The van der Waals surface area contributed by atoms with E-state index in [-0.39, 0.29) is 174 Å². The lowest BCUT2D eigenvalue weighted by molar-refractivity contribution is -0.143. The molecule has 0 aromatic heterocycles. The van der Waals surface area contributed by atoms with Crippen molar-refractivity contribution in [2.75, 3.05) is 165 Å². The SMILES string of the molecule is COC(=O)COc1cc2c(OCC(=O)OC)cc1Cc1cc(OCC(=O)OC)c(cc1OCC(=O)OC)Cc1cc(OCC(=O)OC)c(cc1OCC(=O)OC)Cc1cc(OCC(=O)OC)c(cc1OCC(=O)OC)Cc1cc(OCC(=O)OC)c(cc1OCC(=O)OC)Cc1cc(OCC(=O)OC)c(cc1OCC(=O)OC)C2. The molecule has 0 heterocycles. The molecule has 6 aromatic rings. The van der Waals surface area contributed by atoms with Gasteiger partial charge in [-0.05, 0) is 72.8 Å². The minimum absolute atomic E-state index is 0.0701. The highest BCUT2D eigenvalue weighted by atomic mass is 16.6. The zero-order valence-corrected chi connectivity index (χ0v) is 64.4. The number of hydrogen-bond donors (Lipinski definition) is 0. The molecule has 612 valence electrons. The maximum atomic E-state index is 13.1. The van der Waals surface area contributed by atoms with Gasteiger partial charge in [-0.3, -0.25) is 0 Å². The number of carbonyl (C=O) groups is 12. The smallest absolute Gasteiger partial charge is 0.343 e. The van der Waals surface area contributed by atoms with Crippen molar-refractivity contribution in [1.82, 2.24) is 0 Å². The Bertz CT molecular complexity index is 3500. The number of benzene rings is 6. The molecule has 36 heteroatoms. The number of hydrogen-bond acceptors (Lipinski definition) is 36. The third-order valence-corrected chi connectivity index (χ3v) is 16.6. The summed E-state index contributed by atoms with van der Waals surface area (Å²) in [6, 6.07) is 17.3. The van der Waals surface area contributed by atoms with E-state index in [1.54, 1.807) is 0 Å². The normalized spacial score (nSPS) is 11.3. The molecule has 36 nitrogen and oxygen atoms in total. The van der Waals surface area contributed by atoms with Gasteiger partial charge in [0, 0.05) is 105 Å². The highest BCUT2D eigenvalue weighted by molar-refractivity contribution is 5.77. The molecule has 16 aliphatic carbocycles. The highest BCUT2D eigenvalue weighted by Crippen LogP contribution is 2.44. The summed E-state index contributed by atoms with van der Waals surface area (Å²) in [4.78, 5) is 157. The zero-order chi connectivity index (χ0) is 83.0. The van der Waals surface area contributed by atoms with Crippen LogP contribution in [0.2, 0.25) is 0 Å². The van der Waals surface area contributed by atoms with Crippen molar-refractivity contribution < 1.29 is 171 Å². The largest absolute Gasteiger partial charge is 0.482 e. The van der Waals surface area contributed by atoms with E-state index in [4.69, 9.17) is 114 Å². The van der Waals surface area contributed by atoms with Crippen molar-refractivity contribution in [3.8, 4) is 69.0 Å². The van der Waals surface area contributed by atoms with Crippen LogP contribution < -0.4 is 56.8 Å². The summed E-state index contributed by atoms with van der Waals surface area (Å²) in [5.41, 5.74) is 1.83. The van der Waals surface area contributed by atoms with Crippen molar-refractivity contribution in [3.05, 3.63) is 140 Å². The van der Waals surface area contributed by atoms with Gasteiger partial charge in [-0.25, -0.2) is 57.5 Å². The fourth-order valence-electron chi connectivity index (χ4n) is 10.7. The van der Waals surface area contributed by atoms with Crippen LogP contribution in [0.3, 0.4) is 0 Å². The average molecular weight is 1600 g/mol. The van der Waals surface area contributed by atoms with Crippen LogP contribution in [0.5, 0.6) is 69.0 Å². The van der Waals surface area contributed by atoms with Gasteiger partial charge in [-0.1, -0.05) is 0 Å². The van der Waals surface area contributed by atoms with Crippen molar-refractivity contribution in [1.29, 1.82) is 0 Å². The van der Waals surface area contributed by atoms with Crippen LogP contribution in [0.15, 0.2) is 72.8 Å². The molecule has 0 spiro atoms. The first-order valence-corrected chi connectivity index (χ1v) is 34.1. The van der Waals surface area contributed by atoms with E-state index in [0.717, 1.165) is 85.3 Å². The summed E-state index contributed by atoms with van der Waals surface area (Å²) >= 11 is 0. The predicted octanol–water partition coefficient (Wildman–Crippen LogP) is 4.17. The molecule has 0 radical (unpaired) electrons. The fraction of sp³-hybridized carbons (Fsp3) is 0.385. The number of esters is 12. The van der Waals surface area contributed by atoms with E-state index in [1.165, 1.54) is 72.8 Å². The van der Waals surface area contributed by atoms with Crippen molar-refractivity contribution in [3.63, 3.8) is 0 Å². The monoisotopic (exact) mass is 1600 g/mol. The topological polar surface area (TPSA) is 426 Å². The first-order valence-electron chi connectivity index (χ1n) is 34.1. The molecule has 0 saturated heterocycles. The van der Waals surface area contributed by atoms with Gasteiger partial charge in [0.2, 0.25) is 0 Å². The molecular formula is C78H84O36. The van der Waals surface area contributed by atoms with Crippen molar-refractivity contribution in [2.24, 2.45) is 0 Å². The van der Waals surface area contributed by atoms with E-state index in [0.29, 0.717) is 0 Å². The maximum Gasteiger partial charge on any atom is 0.343 e. The summed E-state index contributed by atoms with van der Waals surface area (Å²) in [6.07, 6.45) is -1.99. The first kappa shape index (κ1) is 87.8. The van der Waals surface area contributed by atoms with Gasteiger partial charge in [-0.2, -0.15) is 0 Å². The van der Waals surface area contributed by atoms with Crippen LogP contribution in [0.1, 0.15) is 66.8 Å². The molecule has 0 N–H and O–H groups in total. The van der Waals surface area contributed by atoms with Gasteiger partial charge >= 0.3 is 71.6 Å². The number of ether oxygens (including phenoxy) is 24. The highest BCUT2D eigenvalue weighted by Gasteiger charge is 2.29. The Balaban J connectivity index is 1.71. The van der Waals surface area contributed by atoms with E-state index in [1.807, 2.05) is 0 Å². The van der Waals surface area contributed by atoms with E-state index >= 15 is 0 Å². The number of methoxy groups -OCH3 is 12. The Labute approximate surface area is 652 Å². The molecule has 0 fully saturated rings. The molecule has 0 aliphatic heterocycles. The van der Waals surface area contributed by atoms with Gasteiger partial charge in [0.15, 0.2) is 79.3 Å². The molecule has 114 heavy (non-hydrogen) atoms. The summed E-state index contributed by atoms with van der Waals surface area (Å²) in [5.74, 6) is -11.1. The van der Waals surface area contributed by atoms with Crippen LogP contribution >= 0.6 is 0 Å². The average Bonchev–Trinajstić information content (AvgIpc) is 0.784. The number of rotatable bonds is 36. The Kier molecular flexibility index (Phi) is 33.7. The van der Waals surface area contributed by atoms with Gasteiger partial charge in [0.1, 0.15) is 69.0 Å². The Hall–Kier alpha value is -13.4. The van der Waals surface area contributed by atoms with Crippen LogP contribution in [0.4, 0.5) is 0 Å². The Morgan fingerprint density at radius 3 is 0.289 bits per heavy atom. The number of carbonyl (C=O) groups excluding carboxylic acids is 12. The van der Waals surface area contributed by atoms with Crippen LogP contribution in [0, 0.1) is 0 Å². The van der Waals surface area contributed by atoms with Gasteiger partial charge < -0.3 is 114 Å². The minimum Gasteiger partial charge on any atom is -0.482 e. The van der Waals surface area contributed by atoms with Crippen molar-refractivity contribution in [2.45, 2.75) is 38.5 Å². The van der Waals surface area contributed by atoms with E-state index < -0.39 is 151 Å². The zero-order valence-electron chi connectivity index (χ0n) is 64.4. The Morgan fingerprint density at radius 1 is 0.158 bits per heavy atom. The molecular weight excluding hydrogens is 1510 g/mol. The lowest BCUT2D eigenvalue weighted by Crippen LogP contribution is -2.18. The quantitative estimate of drug-likeness (QED) is 0.0393. The van der Waals surface area contributed by atoms with Gasteiger partial charge in [0.25, 0.3) is 0 Å². The summed E-state index contributed by atoms with van der Waals surface area (Å²) in [5, 5.41) is 0. The molecule has 0 amide bonds. The molecule has 16 aliphatic rings. The van der Waals surface area contributed by atoms with E-state index in [9.17, 15) is 57.5 Å². The third kappa shape index (κ3) is 25.8. The lowest BCUT2D eigenvalue weighted by atomic mass is 9.92. The predicted molar refractivity (Wildman–Crippen MR) is 386 cm³/mol. The molecule has 6 aromatic carbocycles. The van der Waals surface area contributed by atoms with E-state index in [2.05, 4.69) is 0 Å². The molecule has 12 bridgehead atoms. The standard InChI is InChI=1S/C78H84O36/c1-91-67(79)31-103-55-19-44-14-46-22-60(108-36-72(84)96-6)48(24-59(46)107-35-71(83)95-5)16-50-26-64(112-40-76(88)100-10)52(28-63(50)111-39-75(87)99-9)18-54-30-65(113-41-77(89)101-11)53(29-66(54)114-42-78(90)102-12)17-51-27-61(109-37-73(85)97-7)49(25-62(51)110-38-74(86)98-8)15-47-23-57(105-33-69(81)93-3)45(21-58(47)106-34-70(82)94-4)13-43(55)20-56(44)104-32-68(80)92-2/h19-30H,13-18,31-42H2,1-12H3. The van der Waals surface area contributed by atoms with Crippen LogP contribution in [-0.2, 0) is 153 Å². The first-order chi connectivity index (χ1) is 54.8. The summed E-state index contributed by atoms with van der Waals surface area (Å²) < 4.78 is 135. The van der Waals surface area contributed by atoms with Gasteiger partial charge in [0.05, 0.1) is 85.3 Å². The van der Waals surface area contributed by atoms with Gasteiger partial charge in [-0.15, -0.1) is 0 Å². The second-order valence-corrected chi connectivity index (χ2v) is 23.8. The second-order valence-electron chi connectivity index (χ2n) is 23.8. The molecule has 0 saturated carbocycles. The molecule has 22 rings (SSSR count). The molecule has 0 unspecified atom stereocenters. The Morgan fingerprint density at radius 2 is 0.228 bits per heavy atom. The van der Waals surface area contributed by atoms with Crippen LogP contribution in [-0.4, -0.2) is 236 Å². The summed E-state index contributed by atoms with van der Waals surface area (Å²) in [6.45, 7) is -8.76. The fourth-order valence-corrected chi connectivity index (χ4v) is 10.7. The molecule has 0 atom stereocenters. The third-order valence-electron chi connectivity index (χ3n) is 16.6. The maximum absolute atomic E-state index is 13.1.